The van der Waals surface area contributed by atoms with E-state index in [1.807, 2.05) is 27.7 Å². The van der Waals surface area contributed by atoms with Gasteiger partial charge in [0, 0.05) is 36.9 Å². The van der Waals surface area contributed by atoms with Crippen LogP contribution in [0.4, 0.5) is 28.8 Å². The SMILES string of the molecule is CCCC(NC(=O)OC(C)(C)C)C(NC(=O)OC(C)(C)C)(C(CCCCCCNC(=O)CCCCCCCCCC/C=C/CCCCCCCCCC/C=C/CCCCCCCCCCCN=[N+]=[N-])CN(C(=O)OC(C)(C)C)C(CCC)(NC(=O)OC(C)(C)C)C(C)(CC)NC(=O)OC(C)(C)C)C(C)(CC)NC(=O)OC(C)(C)C. The van der Waals surface area contributed by atoms with Gasteiger partial charge in [-0.3, -0.25) is 15.0 Å². The molecule has 0 aromatic carbocycles. The molecule has 0 aliphatic heterocycles. The van der Waals surface area contributed by atoms with Crippen molar-refractivity contribution in [3.8, 4) is 0 Å². The van der Waals surface area contributed by atoms with E-state index >= 15 is 9.59 Å². The third-order valence-corrected chi connectivity index (χ3v) is 20.6. The van der Waals surface area contributed by atoms with Crippen molar-refractivity contribution in [1.29, 1.82) is 0 Å². The van der Waals surface area contributed by atoms with E-state index in [9.17, 15) is 24.0 Å². The van der Waals surface area contributed by atoms with Gasteiger partial charge in [-0.15, -0.1) is 0 Å². The van der Waals surface area contributed by atoms with Crippen LogP contribution in [0.2, 0.25) is 0 Å². The van der Waals surface area contributed by atoms with Crippen molar-refractivity contribution >= 4 is 42.5 Å². The maximum atomic E-state index is 16.2. The Labute approximate surface area is 694 Å². The van der Waals surface area contributed by atoms with E-state index in [-0.39, 0.29) is 38.0 Å². The molecule has 664 valence electrons. The van der Waals surface area contributed by atoms with Crippen molar-refractivity contribution in [3.63, 3.8) is 0 Å². The molecule has 6 atom stereocenters. The number of azide groups is 1. The molecule has 0 saturated heterocycles. The number of carbonyl (C=O) groups is 7. The third-order valence-electron chi connectivity index (χ3n) is 20.6. The number of carbonyl (C=O) groups excluding carboxylic acids is 7. The number of rotatable bonds is 59. The van der Waals surface area contributed by atoms with Crippen LogP contribution in [0.15, 0.2) is 29.4 Å². The van der Waals surface area contributed by atoms with Crippen molar-refractivity contribution in [2.45, 2.75) is 491 Å². The highest BCUT2D eigenvalue weighted by Gasteiger charge is 2.63. The van der Waals surface area contributed by atoms with Crippen LogP contribution in [0.5, 0.6) is 0 Å². The Balaban J connectivity index is 6.61. The van der Waals surface area contributed by atoms with Crippen LogP contribution in [-0.4, -0.2) is 129 Å². The molecule has 0 spiro atoms. The Morgan fingerprint density at radius 2 is 0.728 bits per heavy atom. The molecule has 7 amide bonds. The van der Waals surface area contributed by atoms with Gasteiger partial charge in [0.05, 0.1) is 22.7 Å². The molecule has 0 aromatic rings. The monoisotopic (exact) mass is 1610 g/mol. The number of unbranched alkanes of at least 4 members (excludes halogenated alkanes) is 29. The van der Waals surface area contributed by atoms with E-state index in [2.05, 4.69) is 66.2 Å². The summed E-state index contributed by atoms with van der Waals surface area (Å²) >= 11 is 0. The first-order valence-corrected chi connectivity index (χ1v) is 44.8. The average molecular weight is 1610 g/mol. The number of ether oxygens (including phenoxy) is 6. The lowest BCUT2D eigenvalue weighted by molar-refractivity contribution is -0.121. The quantitative estimate of drug-likeness (QED) is 0.00629. The number of nitrogens with zero attached hydrogens (tertiary/aromatic N) is 4. The second-order valence-electron chi connectivity index (χ2n) is 38.3. The lowest BCUT2D eigenvalue weighted by Gasteiger charge is -2.59. The minimum absolute atomic E-state index is 0.0130. The summed E-state index contributed by atoms with van der Waals surface area (Å²) in [6, 6.07) is -1.14. The first kappa shape index (κ1) is 108. The van der Waals surface area contributed by atoms with Gasteiger partial charge in [0.1, 0.15) is 39.3 Å². The van der Waals surface area contributed by atoms with Crippen LogP contribution >= 0.6 is 0 Å². The van der Waals surface area contributed by atoms with E-state index in [0.29, 0.717) is 58.0 Å². The van der Waals surface area contributed by atoms with Gasteiger partial charge in [-0.25, -0.2) is 28.8 Å². The van der Waals surface area contributed by atoms with Crippen LogP contribution in [0, 0.1) is 5.92 Å². The third kappa shape index (κ3) is 49.8. The predicted molar refractivity (Wildman–Crippen MR) is 467 cm³/mol. The molecule has 0 aliphatic carbocycles. The minimum Gasteiger partial charge on any atom is -0.444 e. The van der Waals surface area contributed by atoms with E-state index in [0.717, 1.165) is 32.1 Å². The van der Waals surface area contributed by atoms with Crippen molar-refractivity contribution < 1.29 is 62.0 Å². The minimum atomic E-state index is -1.97. The highest BCUT2D eigenvalue weighted by atomic mass is 16.6. The molecular formula is C91H172N10O13. The van der Waals surface area contributed by atoms with Gasteiger partial charge in [-0.05, 0) is 247 Å². The van der Waals surface area contributed by atoms with Crippen molar-refractivity contribution in [1.82, 2.24) is 36.8 Å². The molecule has 0 rings (SSSR count). The smallest absolute Gasteiger partial charge is 0.412 e. The van der Waals surface area contributed by atoms with Crippen LogP contribution in [0.3, 0.4) is 0 Å². The summed E-state index contributed by atoms with van der Waals surface area (Å²) < 4.78 is 36.9. The molecule has 23 heteroatoms. The zero-order valence-corrected chi connectivity index (χ0v) is 77.2. The number of alkyl carbamates (subject to hydrolysis) is 5. The number of nitrogens with one attached hydrogen (secondary N) is 6. The molecule has 114 heavy (non-hydrogen) atoms. The summed E-state index contributed by atoms with van der Waals surface area (Å²) in [4.78, 5) is 108. The molecule has 23 nitrogen and oxygen atoms in total. The highest BCUT2D eigenvalue weighted by Crippen LogP contribution is 2.45. The first-order chi connectivity index (χ1) is 53.2. The zero-order chi connectivity index (χ0) is 86.6. The summed E-state index contributed by atoms with van der Waals surface area (Å²) in [5.74, 6) is -1.05. The highest BCUT2D eigenvalue weighted by molar-refractivity contribution is 5.77. The average Bonchev–Trinajstić information content (AvgIpc) is 0.720. The molecule has 0 fully saturated rings. The molecule has 6 N–H and O–H groups in total. The number of hydrogen-bond donors (Lipinski definition) is 6. The summed E-state index contributed by atoms with van der Waals surface area (Å²) in [5, 5.41) is 22.8. The largest absolute Gasteiger partial charge is 0.444 e. The van der Waals surface area contributed by atoms with Gasteiger partial charge in [0.25, 0.3) is 0 Å². The predicted octanol–water partition coefficient (Wildman–Crippen LogP) is 25.4. The van der Waals surface area contributed by atoms with Gasteiger partial charge in [0.2, 0.25) is 5.91 Å². The van der Waals surface area contributed by atoms with Crippen molar-refractivity contribution in [3.05, 3.63) is 34.7 Å². The van der Waals surface area contributed by atoms with Gasteiger partial charge in [-0.1, -0.05) is 211 Å². The van der Waals surface area contributed by atoms with Crippen molar-refractivity contribution in [2.24, 2.45) is 11.0 Å². The molecule has 0 bridgehead atoms. The standard InChI is InChI=1S/C91H172N10O13/c1-25-66-74(95-76(103)109-82(5,6)7)91(99-80(107)113-86(17,18)19,89(24,28-4)97-78(105)111-84(11,12)13)73(72-101(81(108)114-87(20,21)22)90(69-26-2,98-79(106)112-85(14,15)16)88(23,27-3)96-77(104)110-83(8,9)10)67-62-59-61-64-70-93-75(102)68-63-58-56-54-52-50-48-46-44-42-40-38-36-34-32-30-29-31-33-35-37-39-41-43-45-47-49-51-53-55-57-60-65-71-94-100-92/h39-42,73-74H,25-38,43-72H2,1-24H3,(H,93,102)(H,95,103)(H,96,104)(H,97,105)(H,98,106)(H,99,107)/b41-39+,42-40+. The summed E-state index contributed by atoms with van der Waals surface area (Å²) in [6.07, 6.45) is 44.4. The summed E-state index contributed by atoms with van der Waals surface area (Å²) in [6.45, 7) is 42.9. The number of amides is 7. The molecule has 0 radical (unpaired) electrons. The Morgan fingerprint density at radius 1 is 0.386 bits per heavy atom. The fraction of sp³-hybridized carbons (Fsp3) is 0.879. The molecule has 0 aliphatic rings. The lowest BCUT2D eigenvalue weighted by atomic mass is 9.61. The number of allylic oxidation sites excluding steroid dienone is 4. The van der Waals surface area contributed by atoms with Crippen LogP contribution in [-0.2, 0) is 33.2 Å². The zero-order valence-electron chi connectivity index (χ0n) is 77.2. The Kier molecular flexibility index (Phi) is 53.3. The fourth-order valence-electron chi connectivity index (χ4n) is 14.9. The van der Waals surface area contributed by atoms with Gasteiger partial charge >= 0.3 is 36.6 Å². The Bertz CT molecular complexity index is 2790. The second-order valence-corrected chi connectivity index (χ2v) is 38.3. The molecule has 0 heterocycles. The molecule has 6 unspecified atom stereocenters. The van der Waals surface area contributed by atoms with Gasteiger partial charge < -0.3 is 55.0 Å². The fourth-order valence-corrected chi connectivity index (χ4v) is 14.9. The summed E-state index contributed by atoms with van der Waals surface area (Å²) in [7, 11) is 0. The topological polar surface area (TPSA) is 299 Å². The molecular weight excluding hydrogens is 1440 g/mol. The van der Waals surface area contributed by atoms with Crippen LogP contribution in [0.1, 0.15) is 429 Å². The Hall–Kier alpha value is -6.12. The van der Waals surface area contributed by atoms with E-state index in [4.69, 9.17) is 34.0 Å². The second kappa shape index (κ2) is 56.3. The Morgan fingerprint density at radius 3 is 1.11 bits per heavy atom. The number of hydrogen-bond acceptors (Lipinski definition) is 14. The van der Waals surface area contributed by atoms with E-state index in [1.54, 1.807) is 138 Å². The van der Waals surface area contributed by atoms with Crippen LogP contribution < -0.4 is 31.9 Å². The van der Waals surface area contributed by atoms with Gasteiger partial charge in [-0.2, -0.15) is 0 Å². The lowest BCUT2D eigenvalue weighted by Crippen LogP contribution is -2.82. The van der Waals surface area contributed by atoms with Crippen molar-refractivity contribution in [2.75, 3.05) is 19.6 Å². The maximum absolute atomic E-state index is 16.2. The maximum Gasteiger partial charge on any atom is 0.412 e. The van der Waals surface area contributed by atoms with Gasteiger partial charge in [0.15, 0.2) is 0 Å². The normalized spacial score (nSPS) is 15.0. The summed E-state index contributed by atoms with van der Waals surface area (Å²) in [5.41, 5.74) is -5.04. The first-order valence-electron chi connectivity index (χ1n) is 44.8. The van der Waals surface area contributed by atoms with E-state index < -0.39 is 111 Å². The van der Waals surface area contributed by atoms with Crippen LogP contribution in [0.25, 0.3) is 10.4 Å². The molecule has 0 saturated carbocycles. The van der Waals surface area contributed by atoms with E-state index in [1.165, 1.54) is 159 Å². The molecule has 0 aromatic heterocycles.